The number of rotatable bonds is 5. The second-order valence-electron chi connectivity index (χ2n) is 8.78. The van der Waals surface area contributed by atoms with Gasteiger partial charge in [0.25, 0.3) is 0 Å². The molecular weight excluding hydrogens is 462 g/mol. The molecule has 4 aromatic carbocycles. The third-order valence-corrected chi connectivity index (χ3v) is 6.78. The molecule has 0 bridgehead atoms. The minimum absolute atomic E-state index is 0.161. The molecule has 180 valence electrons. The van der Waals surface area contributed by atoms with E-state index in [1.807, 2.05) is 83.4 Å². The van der Waals surface area contributed by atoms with Crippen LogP contribution in [0.15, 0.2) is 103 Å². The highest BCUT2D eigenvalue weighted by Gasteiger charge is 2.39. The molecule has 0 saturated heterocycles. The predicted molar refractivity (Wildman–Crippen MR) is 143 cm³/mol. The summed E-state index contributed by atoms with van der Waals surface area (Å²) in [6.45, 7) is 0. The van der Waals surface area contributed by atoms with Crippen LogP contribution in [0.4, 0.5) is 0 Å². The molecule has 0 fully saturated rings. The van der Waals surface area contributed by atoms with Crippen LogP contribution < -0.4 is 9.47 Å². The number of ether oxygens (including phenoxy) is 2. The van der Waals surface area contributed by atoms with Crippen LogP contribution in [0.2, 0.25) is 0 Å². The van der Waals surface area contributed by atoms with Gasteiger partial charge >= 0.3 is 0 Å². The van der Waals surface area contributed by atoms with Crippen LogP contribution in [-0.4, -0.2) is 30.4 Å². The quantitative estimate of drug-likeness (QED) is 0.276. The number of carbonyl (C=O) groups is 2. The zero-order chi connectivity index (χ0) is 25.5. The number of ketones is 2. The van der Waals surface area contributed by atoms with Crippen molar-refractivity contribution in [2.24, 2.45) is 0 Å². The molecule has 0 amide bonds. The smallest absolute Gasteiger partial charge is 0.196 e. The van der Waals surface area contributed by atoms with Gasteiger partial charge < -0.3 is 14.0 Å². The molecule has 5 aromatic rings. The molecule has 1 aromatic heterocycles. The first-order valence-electron chi connectivity index (χ1n) is 11.9. The van der Waals surface area contributed by atoms with Crippen molar-refractivity contribution in [1.29, 1.82) is 0 Å². The Morgan fingerprint density at radius 3 is 1.43 bits per heavy atom. The second kappa shape index (κ2) is 8.95. The summed E-state index contributed by atoms with van der Waals surface area (Å²) in [5.74, 6) is 1.09. The number of carbonyl (C=O) groups excluding carboxylic acids is 2. The third kappa shape index (κ3) is 3.55. The minimum atomic E-state index is -0.166. The Balaban J connectivity index is 1.76. The average Bonchev–Trinajstić information content (AvgIpc) is 3.33. The Morgan fingerprint density at radius 2 is 0.946 bits per heavy atom. The van der Waals surface area contributed by atoms with E-state index in [1.54, 1.807) is 38.5 Å². The van der Waals surface area contributed by atoms with Crippen molar-refractivity contribution < 1.29 is 19.1 Å². The molecule has 1 aliphatic carbocycles. The molecule has 0 radical (unpaired) electrons. The van der Waals surface area contributed by atoms with Crippen LogP contribution in [0, 0.1) is 0 Å². The number of benzene rings is 4. The maximum atomic E-state index is 14.1. The van der Waals surface area contributed by atoms with E-state index in [1.165, 1.54) is 0 Å². The maximum absolute atomic E-state index is 14.1. The van der Waals surface area contributed by atoms with Crippen LogP contribution in [0.1, 0.15) is 31.8 Å². The van der Waals surface area contributed by atoms with Gasteiger partial charge in [0.05, 0.1) is 36.7 Å². The van der Waals surface area contributed by atoms with E-state index in [0.29, 0.717) is 45.1 Å². The molecular formula is C32H23NO4. The highest BCUT2D eigenvalue weighted by Crippen LogP contribution is 2.44. The van der Waals surface area contributed by atoms with Gasteiger partial charge in [-0.05, 0) is 59.7 Å². The Morgan fingerprint density at radius 1 is 0.514 bits per heavy atom. The molecule has 5 nitrogen and oxygen atoms in total. The first-order chi connectivity index (χ1) is 18.1. The van der Waals surface area contributed by atoms with Crippen LogP contribution in [0.5, 0.6) is 11.5 Å². The third-order valence-electron chi connectivity index (χ3n) is 6.78. The molecule has 37 heavy (non-hydrogen) atoms. The molecule has 0 aliphatic heterocycles. The van der Waals surface area contributed by atoms with Gasteiger partial charge in [0.1, 0.15) is 11.5 Å². The fourth-order valence-electron chi connectivity index (χ4n) is 5.04. The molecule has 0 saturated carbocycles. The Labute approximate surface area is 214 Å². The highest BCUT2D eigenvalue weighted by molar-refractivity contribution is 6.32. The standard InChI is InChI=1S/C32H23NO4/c1-36-23-16-12-21(13-17-23)30-28-27(31(34)25-10-6-7-11-26(25)32(28)35)29(20-8-4-3-5-9-20)33(30)22-14-18-24(37-2)19-15-22/h3-19H,1-2H3. The van der Waals surface area contributed by atoms with E-state index in [4.69, 9.17) is 9.47 Å². The van der Waals surface area contributed by atoms with Gasteiger partial charge in [0, 0.05) is 16.8 Å². The van der Waals surface area contributed by atoms with Crippen molar-refractivity contribution in [3.8, 4) is 39.7 Å². The zero-order valence-corrected chi connectivity index (χ0v) is 20.4. The summed E-state index contributed by atoms with van der Waals surface area (Å²) in [7, 11) is 3.24. The Kier molecular flexibility index (Phi) is 5.46. The summed E-state index contributed by atoms with van der Waals surface area (Å²) in [5.41, 5.74) is 5.45. The van der Waals surface area contributed by atoms with E-state index in [-0.39, 0.29) is 11.6 Å². The first-order valence-corrected chi connectivity index (χ1v) is 11.9. The Hall–Kier alpha value is -4.90. The van der Waals surface area contributed by atoms with Gasteiger partial charge in [0.2, 0.25) is 0 Å². The van der Waals surface area contributed by atoms with E-state index in [9.17, 15) is 9.59 Å². The number of fused-ring (bicyclic) bond motifs is 2. The first kappa shape index (κ1) is 22.6. The summed E-state index contributed by atoms with van der Waals surface area (Å²) < 4.78 is 12.8. The number of aromatic nitrogens is 1. The van der Waals surface area contributed by atoms with E-state index in [0.717, 1.165) is 16.8 Å². The normalized spacial score (nSPS) is 12.2. The molecule has 0 spiro atoms. The van der Waals surface area contributed by atoms with Crippen LogP contribution in [0.25, 0.3) is 28.2 Å². The van der Waals surface area contributed by atoms with Gasteiger partial charge in [-0.2, -0.15) is 0 Å². The highest BCUT2D eigenvalue weighted by atomic mass is 16.5. The van der Waals surface area contributed by atoms with Gasteiger partial charge in [-0.15, -0.1) is 0 Å². The lowest BCUT2D eigenvalue weighted by Crippen LogP contribution is -2.20. The van der Waals surface area contributed by atoms with Crippen molar-refractivity contribution in [2.75, 3.05) is 14.2 Å². The summed E-state index contributed by atoms with van der Waals surface area (Å²) in [5, 5.41) is 0. The molecule has 1 aliphatic rings. The fourth-order valence-corrected chi connectivity index (χ4v) is 5.04. The van der Waals surface area contributed by atoms with Crippen molar-refractivity contribution in [1.82, 2.24) is 4.57 Å². The number of hydrogen-bond donors (Lipinski definition) is 0. The van der Waals surface area contributed by atoms with Crippen molar-refractivity contribution in [3.63, 3.8) is 0 Å². The van der Waals surface area contributed by atoms with E-state index >= 15 is 0 Å². The molecule has 5 heteroatoms. The SMILES string of the molecule is COc1ccc(-c2c3c(c(-c4ccccc4)n2-c2ccc(OC)cc2)C(=O)c2ccccc2C3=O)cc1. The lowest BCUT2D eigenvalue weighted by atomic mass is 9.83. The van der Waals surface area contributed by atoms with Gasteiger partial charge in [-0.1, -0.05) is 54.6 Å². The summed E-state index contributed by atoms with van der Waals surface area (Å²) in [6, 6.07) is 31.9. The lowest BCUT2D eigenvalue weighted by Gasteiger charge is -2.16. The lowest BCUT2D eigenvalue weighted by molar-refractivity contribution is 0.0981. The molecule has 0 atom stereocenters. The summed E-state index contributed by atoms with van der Waals surface area (Å²) in [4.78, 5) is 28.2. The van der Waals surface area contributed by atoms with Gasteiger partial charge in [-0.3, -0.25) is 9.59 Å². The molecule has 0 N–H and O–H groups in total. The van der Waals surface area contributed by atoms with Crippen molar-refractivity contribution in [3.05, 3.63) is 125 Å². The topological polar surface area (TPSA) is 57.5 Å². The van der Waals surface area contributed by atoms with Crippen molar-refractivity contribution in [2.45, 2.75) is 0 Å². The van der Waals surface area contributed by atoms with Gasteiger partial charge in [-0.25, -0.2) is 0 Å². The van der Waals surface area contributed by atoms with Gasteiger partial charge in [0.15, 0.2) is 11.6 Å². The molecule has 0 unspecified atom stereocenters. The van der Waals surface area contributed by atoms with Crippen LogP contribution in [-0.2, 0) is 0 Å². The second-order valence-corrected chi connectivity index (χ2v) is 8.78. The monoisotopic (exact) mass is 485 g/mol. The average molecular weight is 486 g/mol. The van der Waals surface area contributed by atoms with Crippen LogP contribution >= 0.6 is 0 Å². The zero-order valence-electron chi connectivity index (χ0n) is 20.4. The van der Waals surface area contributed by atoms with Crippen LogP contribution in [0.3, 0.4) is 0 Å². The maximum Gasteiger partial charge on any atom is 0.196 e. The molecule has 1 heterocycles. The minimum Gasteiger partial charge on any atom is -0.497 e. The Bertz CT molecular complexity index is 1650. The fraction of sp³-hybridized carbons (Fsp3) is 0.0625. The largest absolute Gasteiger partial charge is 0.497 e. The van der Waals surface area contributed by atoms with E-state index in [2.05, 4.69) is 0 Å². The number of methoxy groups -OCH3 is 2. The van der Waals surface area contributed by atoms with E-state index < -0.39 is 0 Å². The summed E-state index contributed by atoms with van der Waals surface area (Å²) in [6.07, 6.45) is 0. The number of nitrogens with zero attached hydrogens (tertiary/aromatic N) is 1. The predicted octanol–water partition coefficient (Wildman–Crippen LogP) is 6.60. The number of hydrogen-bond acceptors (Lipinski definition) is 4. The summed E-state index contributed by atoms with van der Waals surface area (Å²) >= 11 is 0. The molecule has 6 rings (SSSR count). The van der Waals surface area contributed by atoms with Crippen molar-refractivity contribution >= 4 is 11.6 Å².